The Morgan fingerprint density at radius 2 is 2.00 bits per heavy atom. The van der Waals surface area contributed by atoms with E-state index in [0.717, 1.165) is 38.5 Å². The van der Waals surface area contributed by atoms with Crippen LogP contribution in [0.15, 0.2) is 0 Å². The third-order valence-electron chi connectivity index (χ3n) is 3.17. The molecule has 0 spiro atoms. The summed E-state index contributed by atoms with van der Waals surface area (Å²) in [4.78, 5) is 0. The molecule has 0 aromatic rings. The number of hydrogen-bond acceptors (Lipinski definition) is 3. The highest BCUT2D eigenvalue weighted by molar-refractivity contribution is 7.41. The Morgan fingerprint density at radius 3 is 2.53 bits per heavy atom. The fourth-order valence-corrected chi connectivity index (χ4v) is 3.40. The molecular weight excluding hydrogens is 211 g/mol. The first-order chi connectivity index (χ1) is 7.25. The summed E-state index contributed by atoms with van der Waals surface area (Å²) in [5, 5.41) is 8.98. The molecule has 0 amide bonds. The second kappa shape index (κ2) is 6.57. The van der Waals surface area contributed by atoms with Crippen LogP contribution in [0, 0.1) is 0 Å². The molecule has 1 aliphatic carbocycles. The summed E-state index contributed by atoms with van der Waals surface area (Å²) >= 11 is 0. The highest BCUT2D eigenvalue weighted by Crippen LogP contribution is 2.49. The van der Waals surface area contributed by atoms with Gasteiger partial charge in [0.15, 0.2) is 0 Å². The average Bonchev–Trinajstić information content (AvgIpc) is 2.30. The molecule has 15 heavy (non-hydrogen) atoms. The fourth-order valence-electron chi connectivity index (χ4n) is 2.04. The smallest absolute Gasteiger partial charge is 0.391 e. The lowest BCUT2D eigenvalue weighted by Gasteiger charge is -2.24. The monoisotopic (exact) mass is 233 g/mol. The van der Waals surface area contributed by atoms with E-state index in [-0.39, 0.29) is 6.61 Å². The second-order valence-electron chi connectivity index (χ2n) is 4.39. The molecule has 0 saturated heterocycles. The first-order valence-corrected chi connectivity index (χ1v) is 7.14. The largest absolute Gasteiger partial charge is 0.516 e. The topological polar surface area (TPSA) is 46.5 Å². The highest BCUT2D eigenvalue weighted by Gasteiger charge is 2.51. The van der Waals surface area contributed by atoms with Gasteiger partial charge in [0.25, 0.3) is 0 Å². The lowest BCUT2D eigenvalue weighted by atomic mass is 9.89. The van der Waals surface area contributed by atoms with Crippen molar-refractivity contribution in [1.82, 2.24) is 0 Å². The standard InChI is InChI=1S/C11H22O3P/c1-2-3-9-14-15(13)11(10-12)7-5-4-6-8-11/h12H,2-10H2,1H3/q+1. The number of rotatable bonds is 6. The normalized spacial score (nSPS) is 21.3. The van der Waals surface area contributed by atoms with Crippen molar-refractivity contribution in [3.63, 3.8) is 0 Å². The Bertz CT molecular complexity index is 200. The van der Waals surface area contributed by atoms with Crippen LogP contribution in [-0.4, -0.2) is 23.5 Å². The molecule has 1 atom stereocenters. The summed E-state index contributed by atoms with van der Waals surface area (Å²) in [5.74, 6) is 0. The molecule has 1 fully saturated rings. The van der Waals surface area contributed by atoms with E-state index in [0.29, 0.717) is 6.61 Å². The predicted molar refractivity (Wildman–Crippen MR) is 61.4 cm³/mol. The molecule has 0 bridgehead atoms. The van der Waals surface area contributed by atoms with E-state index in [1.54, 1.807) is 0 Å². The van der Waals surface area contributed by atoms with Crippen molar-refractivity contribution in [2.45, 2.75) is 57.0 Å². The maximum absolute atomic E-state index is 12.0. The molecule has 1 N–H and O–H groups in total. The van der Waals surface area contributed by atoms with Gasteiger partial charge < -0.3 is 5.11 Å². The molecule has 0 heterocycles. The predicted octanol–water partition coefficient (Wildman–Crippen LogP) is 3.24. The summed E-state index contributed by atoms with van der Waals surface area (Å²) in [6.07, 6.45) is 7.03. The van der Waals surface area contributed by atoms with Crippen LogP contribution in [0.1, 0.15) is 51.9 Å². The van der Waals surface area contributed by atoms with E-state index in [9.17, 15) is 9.67 Å². The molecule has 1 aliphatic rings. The van der Waals surface area contributed by atoms with Crippen LogP contribution in [0.25, 0.3) is 0 Å². The van der Waals surface area contributed by atoms with Crippen LogP contribution in [0.4, 0.5) is 0 Å². The van der Waals surface area contributed by atoms with Crippen molar-refractivity contribution in [1.29, 1.82) is 0 Å². The minimum absolute atomic E-state index is 0.00826. The van der Waals surface area contributed by atoms with E-state index in [2.05, 4.69) is 6.92 Å². The maximum Gasteiger partial charge on any atom is 0.516 e. The third-order valence-corrected chi connectivity index (χ3v) is 4.95. The first kappa shape index (κ1) is 13.1. The average molecular weight is 233 g/mol. The SMILES string of the molecule is CCCCO[P+](=O)C1(CO)CCCCC1. The summed E-state index contributed by atoms with van der Waals surface area (Å²) in [5.41, 5.74) is 0. The second-order valence-corrected chi connectivity index (χ2v) is 6.11. The number of aliphatic hydroxyl groups excluding tert-OH is 1. The fraction of sp³-hybridized carbons (Fsp3) is 1.00. The zero-order valence-electron chi connectivity index (χ0n) is 9.57. The summed E-state index contributed by atoms with van der Waals surface area (Å²) in [7, 11) is -1.69. The molecule has 0 aliphatic heterocycles. The van der Waals surface area contributed by atoms with Crippen LogP contribution >= 0.6 is 8.03 Å². The summed E-state index contributed by atoms with van der Waals surface area (Å²) < 4.78 is 17.4. The van der Waals surface area contributed by atoms with Crippen molar-refractivity contribution in [2.75, 3.05) is 13.2 Å². The van der Waals surface area contributed by atoms with Crippen LogP contribution in [-0.2, 0) is 9.09 Å². The van der Waals surface area contributed by atoms with Gasteiger partial charge in [0, 0.05) is 12.8 Å². The van der Waals surface area contributed by atoms with Gasteiger partial charge in [0.1, 0.15) is 6.61 Å². The zero-order chi connectivity index (χ0) is 11.1. The van der Waals surface area contributed by atoms with Crippen LogP contribution in [0.3, 0.4) is 0 Å². The van der Waals surface area contributed by atoms with Gasteiger partial charge in [-0.2, -0.15) is 0 Å². The molecule has 0 aromatic carbocycles. The van der Waals surface area contributed by atoms with Gasteiger partial charge in [0.2, 0.25) is 5.16 Å². The lowest BCUT2D eigenvalue weighted by Crippen LogP contribution is -2.32. The van der Waals surface area contributed by atoms with Gasteiger partial charge in [-0.15, -0.1) is 4.52 Å². The van der Waals surface area contributed by atoms with E-state index in [1.807, 2.05) is 0 Å². The van der Waals surface area contributed by atoms with E-state index >= 15 is 0 Å². The highest BCUT2D eigenvalue weighted by atomic mass is 31.1. The van der Waals surface area contributed by atoms with Crippen LogP contribution in [0.5, 0.6) is 0 Å². The Balaban J connectivity index is 2.45. The number of aliphatic hydroxyl groups is 1. The Morgan fingerprint density at radius 1 is 1.33 bits per heavy atom. The molecule has 4 heteroatoms. The quantitative estimate of drug-likeness (QED) is 0.566. The molecule has 1 unspecified atom stereocenters. The van der Waals surface area contributed by atoms with E-state index in [1.165, 1.54) is 6.42 Å². The van der Waals surface area contributed by atoms with Crippen molar-refractivity contribution in [3.05, 3.63) is 0 Å². The maximum atomic E-state index is 12.0. The number of hydrogen-bond donors (Lipinski definition) is 1. The lowest BCUT2D eigenvalue weighted by molar-refractivity contribution is 0.188. The van der Waals surface area contributed by atoms with Crippen LogP contribution < -0.4 is 0 Å². The van der Waals surface area contributed by atoms with Crippen molar-refractivity contribution in [2.24, 2.45) is 0 Å². The molecule has 1 rings (SSSR count). The Kier molecular flexibility index (Phi) is 5.73. The van der Waals surface area contributed by atoms with Crippen molar-refractivity contribution >= 4 is 8.03 Å². The molecule has 0 radical (unpaired) electrons. The molecule has 1 saturated carbocycles. The minimum atomic E-state index is -1.69. The minimum Gasteiger partial charge on any atom is -0.391 e. The number of unbranched alkanes of at least 4 members (excludes halogenated alkanes) is 1. The zero-order valence-corrected chi connectivity index (χ0v) is 10.5. The molecule has 88 valence electrons. The molecular formula is C11H22O3P+. The Labute approximate surface area is 93.1 Å². The summed E-state index contributed by atoms with van der Waals surface area (Å²) in [6, 6.07) is 0. The van der Waals surface area contributed by atoms with Crippen LogP contribution in [0.2, 0.25) is 0 Å². The summed E-state index contributed by atoms with van der Waals surface area (Å²) in [6.45, 7) is 2.65. The van der Waals surface area contributed by atoms with Crippen molar-refractivity contribution in [3.8, 4) is 0 Å². The van der Waals surface area contributed by atoms with Crippen molar-refractivity contribution < 1.29 is 14.2 Å². The van der Waals surface area contributed by atoms with Gasteiger partial charge in [-0.05, 0) is 23.8 Å². The molecule has 0 aromatic heterocycles. The Hall–Kier alpha value is 0.0200. The van der Waals surface area contributed by atoms with Gasteiger partial charge in [-0.25, -0.2) is 0 Å². The van der Waals surface area contributed by atoms with E-state index < -0.39 is 13.2 Å². The third kappa shape index (κ3) is 3.51. The van der Waals surface area contributed by atoms with Gasteiger partial charge in [-0.1, -0.05) is 19.8 Å². The van der Waals surface area contributed by atoms with Gasteiger partial charge >= 0.3 is 8.03 Å². The first-order valence-electron chi connectivity index (χ1n) is 5.96. The van der Waals surface area contributed by atoms with E-state index in [4.69, 9.17) is 4.52 Å². The molecule has 3 nitrogen and oxygen atoms in total. The van der Waals surface area contributed by atoms with Gasteiger partial charge in [0.05, 0.1) is 6.61 Å². The van der Waals surface area contributed by atoms with Gasteiger partial charge in [-0.3, -0.25) is 0 Å².